The van der Waals surface area contributed by atoms with Crippen molar-refractivity contribution >= 4 is 5.91 Å². The van der Waals surface area contributed by atoms with Gasteiger partial charge in [0, 0.05) is 37.3 Å². The lowest BCUT2D eigenvalue weighted by Crippen LogP contribution is -2.40. The maximum atomic E-state index is 11.9. The summed E-state index contributed by atoms with van der Waals surface area (Å²) in [6.07, 6.45) is 7.67. The molecule has 2 heterocycles. The molecule has 20 heavy (non-hydrogen) atoms. The molecule has 8 nitrogen and oxygen atoms in total. The first kappa shape index (κ1) is 12.6. The lowest BCUT2D eigenvalue weighted by atomic mass is 9.79. The number of aromatic amines is 2. The van der Waals surface area contributed by atoms with Gasteiger partial charge >= 0.3 is 5.69 Å². The van der Waals surface area contributed by atoms with E-state index in [4.69, 9.17) is 0 Å². The molecule has 8 heteroatoms. The summed E-state index contributed by atoms with van der Waals surface area (Å²) >= 11 is 0. The van der Waals surface area contributed by atoms with Gasteiger partial charge in [-0.05, 0) is 12.8 Å². The van der Waals surface area contributed by atoms with Crippen molar-refractivity contribution in [2.45, 2.75) is 25.3 Å². The third-order valence-electron chi connectivity index (χ3n) is 3.64. The highest BCUT2D eigenvalue weighted by Gasteiger charge is 2.35. The number of carbonyl (C=O) groups excluding carboxylic acids is 1. The van der Waals surface area contributed by atoms with Crippen molar-refractivity contribution in [1.82, 2.24) is 30.0 Å². The first-order valence-corrected chi connectivity index (χ1v) is 6.61. The van der Waals surface area contributed by atoms with E-state index in [1.165, 1.54) is 0 Å². The minimum absolute atomic E-state index is 0.0687. The molecular weight excluding hydrogens is 260 g/mol. The van der Waals surface area contributed by atoms with Gasteiger partial charge in [-0.15, -0.1) is 0 Å². The normalized spacial score (nSPS) is 21.4. The molecular formula is C12H16N6O2. The average Bonchev–Trinajstić information content (AvgIpc) is 2.99. The Balaban J connectivity index is 1.39. The predicted molar refractivity (Wildman–Crippen MR) is 69.9 cm³/mol. The molecule has 0 unspecified atom stereocenters. The van der Waals surface area contributed by atoms with E-state index in [0.717, 1.165) is 12.8 Å². The summed E-state index contributed by atoms with van der Waals surface area (Å²) in [6, 6.07) is 0.385. The van der Waals surface area contributed by atoms with Gasteiger partial charge in [0.15, 0.2) is 0 Å². The summed E-state index contributed by atoms with van der Waals surface area (Å²) in [5.74, 6) is 0.695. The molecule has 0 spiro atoms. The molecule has 1 fully saturated rings. The van der Waals surface area contributed by atoms with E-state index in [9.17, 15) is 9.59 Å². The maximum Gasteiger partial charge on any atom is 0.340 e. The van der Waals surface area contributed by atoms with Gasteiger partial charge in [0.05, 0.1) is 6.33 Å². The molecule has 0 aliphatic heterocycles. The Morgan fingerprint density at radius 2 is 2.35 bits per heavy atom. The number of amides is 1. The Hall–Kier alpha value is -2.38. The van der Waals surface area contributed by atoms with Crippen LogP contribution in [0.5, 0.6) is 0 Å². The van der Waals surface area contributed by atoms with E-state index in [0.29, 0.717) is 24.8 Å². The Labute approximate surface area is 114 Å². The number of imidazole rings is 1. The first-order chi connectivity index (χ1) is 9.72. The van der Waals surface area contributed by atoms with Gasteiger partial charge in [-0.1, -0.05) is 0 Å². The molecule has 1 saturated carbocycles. The van der Waals surface area contributed by atoms with E-state index < -0.39 is 0 Å². The fraction of sp³-hybridized carbons (Fsp3) is 0.500. The summed E-state index contributed by atoms with van der Waals surface area (Å²) in [4.78, 5) is 29.3. The second-order valence-corrected chi connectivity index (χ2v) is 5.00. The van der Waals surface area contributed by atoms with Crippen LogP contribution in [0, 0.1) is 5.92 Å². The molecule has 0 radical (unpaired) electrons. The zero-order valence-electron chi connectivity index (χ0n) is 10.9. The van der Waals surface area contributed by atoms with E-state index in [1.807, 2.05) is 10.8 Å². The molecule has 3 N–H and O–H groups in total. The molecule has 106 valence electrons. The lowest BCUT2D eigenvalue weighted by molar-refractivity contribution is -0.128. The second kappa shape index (κ2) is 5.32. The summed E-state index contributed by atoms with van der Waals surface area (Å²) in [5.41, 5.74) is -0.325. The number of nitrogens with zero attached hydrogens (tertiary/aromatic N) is 3. The minimum atomic E-state index is -0.325. The van der Waals surface area contributed by atoms with Crippen LogP contribution in [0.25, 0.3) is 0 Å². The summed E-state index contributed by atoms with van der Waals surface area (Å²) < 4.78 is 2.04. The van der Waals surface area contributed by atoms with E-state index in [-0.39, 0.29) is 17.5 Å². The van der Waals surface area contributed by atoms with Crippen LogP contribution in [-0.2, 0) is 11.2 Å². The third kappa shape index (κ3) is 2.63. The number of hydrogen-bond donors (Lipinski definition) is 3. The highest BCUT2D eigenvalue weighted by atomic mass is 16.2. The van der Waals surface area contributed by atoms with Gasteiger partial charge in [-0.3, -0.25) is 9.78 Å². The van der Waals surface area contributed by atoms with E-state index in [2.05, 4.69) is 25.5 Å². The van der Waals surface area contributed by atoms with Crippen molar-refractivity contribution in [3.63, 3.8) is 0 Å². The zero-order valence-corrected chi connectivity index (χ0v) is 10.9. The van der Waals surface area contributed by atoms with Gasteiger partial charge in [-0.25, -0.2) is 14.9 Å². The molecule has 0 atom stereocenters. The minimum Gasteiger partial charge on any atom is -0.355 e. The predicted octanol–water partition coefficient (Wildman–Crippen LogP) is -0.396. The van der Waals surface area contributed by atoms with Crippen LogP contribution in [0.3, 0.4) is 0 Å². The number of carbonyl (C=O) groups is 1. The van der Waals surface area contributed by atoms with Crippen molar-refractivity contribution in [3.8, 4) is 0 Å². The molecule has 0 bridgehead atoms. The molecule has 1 aliphatic rings. The Bertz CT molecular complexity index is 622. The quantitative estimate of drug-likeness (QED) is 0.690. The van der Waals surface area contributed by atoms with Gasteiger partial charge in [0.1, 0.15) is 5.82 Å². The van der Waals surface area contributed by atoms with Crippen LogP contribution in [0.2, 0.25) is 0 Å². The average molecular weight is 276 g/mol. The maximum absolute atomic E-state index is 11.9. The largest absolute Gasteiger partial charge is 0.355 e. The molecule has 0 saturated heterocycles. The number of aromatic nitrogens is 5. The van der Waals surface area contributed by atoms with Crippen LogP contribution >= 0.6 is 0 Å². The number of hydrogen-bond acceptors (Lipinski definition) is 4. The molecule has 2 aromatic heterocycles. The van der Waals surface area contributed by atoms with Crippen molar-refractivity contribution < 1.29 is 4.79 Å². The van der Waals surface area contributed by atoms with Crippen LogP contribution in [0.1, 0.15) is 24.7 Å². The highest BCUT2D eigenvalue weighted by Crippen LogP contribution is 2.37. The first-order valence-electron chi connectivity index (χ1n) is 6.61. The molecule has 2 aromatic rings. The van der Waals surface area contributed by atoms with Gasteiger partial charge in [-0.2, -0.15) is 5.10 Å². The molecule has 0 aromatic carbocycles. The standard InChI is InChI=1S/C12H16N6O2/c19-11(14-2-1-10-15-12(20)17-16-10)8-5-9(6-8)18-4-3-13-7-18/h3-4,7-9H,1-2,5-6H2,(H,14,19)(H2,15,16,17,20). The molecule has 3 rings (SSSR count). The zero-order chi connectivity index (χ0) is 13.9. The fourth-order valence-electron chi connectivity index (χ4n) is 2.40. The van der Waals surface area contributed by atoms with Crippen molar-refractivity contribution in [2.24, 2.45) is 5.92 Å². The van der Waals surface area contributed by atoms with Gasteiger partial charge < -0.3 is 9.88 Å². The smallest absolute Gasteiger partial charge is 0.340 e. The highest BCUT2D eigenvalue weighted by molar-refractivity contribution is 5.79. The van der Waals surface area contributed by atoms with Crippen LogP contribution in [0.15, 0.2) is 23.5 Å². The molecule has 1 aliphatic carbocycles. The van der Waals surface area contributed by atoms with Gasteiger partial charge in [0.25, 0.3) is 0 Å². The van der Waals surface area contributed by atoms with Crippen molar-refractivity contribution in [3.05, 3.63) is 35.0 Å². The van der Waals surface area contributed by atoms with E-state index >= 15 is 0 Å². The Kier molecular flexibility index (Phi) is 3.36. The summed E-state index contributed by atoms with van der Waals surface area (Å²) in [5, 5.41) is 8.94. The second-order valence-electron chi connectivity index (χ2n) is 5.00. The SMILES string of the molecule is O=C(NCCc1n[nH]c(=O)[nH]1)C1CC(n2ccnc2)C1. The number of nitrogens with one attached hydrogen (secondary N) is 3. The Morgan fingerprint density at radius 3 is 3.00 bits per heavy atom. The van der Waals surface area contributed by atoms with E-state index in [1.54, 1.807) is 12.5 Å². The summed E-state index contributed by atoms with van der Waals surface area (Å²) in [6.45, 7) is 0.478. The molecule has 1 amide bonds. The van der Waals surface area contributed by atoms with Crippen LogP contribution in [0.4, 0.5) is 0 Å². The Morgan fingerprint density at radius 1 is 1.50 bits per heavy atom. The topological polar surface area (TPSA) is 108 Å². The number of rotatable bonds is 5. The van der Waals surface area contributed by atoms with Crippen molar-refractivity contribution in [2.75, 3.05) is 6.54 Å². The van der Waals surface area contributed by atoms with Crippen LogP contribution < -0.4 is 11.0 Å². The number of H-pyrrole nitrogens is 2. The van der Waals surface area contributed by atoms with Crippen molar-refractivity contribution in [1.29, 1.82) is 0 Å². The van der Waals surface area contributed by atoms with Crippen LogP contribution in [-0.4, -0.2) is 37.2 Å². The monoisotopic (exact) mass is 276 g/mol. The third-order valence-corrected chi connectivity index (χ3v) is 3.64. The van der Waals surface area contributed by atoms with Gasteiger partial charge in [0.2, 0.25) is 5.91 Å². The summed E-state index contributed by atoms with van der Waals surface area (Å²) in [7, 11) is 0. The fourth-order valence-corrected chi connectivity index (χ4v) is 2.40. The lowest BCUT2D eigenvalue weighted by Gasteiger charge is -2.34.